The minimum Gasteiger partial charge on any atom is -0.508 e. The standard InChI is InChI=1S/C21H17N5O3S/c27-17-11-9-16(10-12-17)26-21(23-24-25-26)30-14-20(28)22-15-5-4-8-19(13-15)29-18-6-2-1-3-7-18/h1-13,27H,14H2,(H,22,28). The fourth-order valence-corrected chi connectivity index (χ4v) is 3.30. The number of nitrogens with one attached hydrogen (secondary N) is 1. The van der Waals surface area contributed by atoms with Gasteiger partial charge in [-0.3, -0.25) is 4.79 Å². The molecule has 4 rings (SSSR count). The van der Waals surface area contributed by atoms with Crippen LogP contribution in [-0.4, -0.2) is 37.0 Å². The lowest BCUT2D eigenvalue weighted by atomic mass is 10.3. The van der Waals surface area contributed by atoms with Crippen LogP contribution in [0, 0.1) is 0 Å². The third-order valence-corrected chi connectivity index (χ3v) is 4.88. The lowest BCUT2D eigenvalue weighted by Gasteiger charge is -2.09. The zero-order valence-corrected chi connectivity index (χ0v) is 16.5. The Morgan fingerprint density at radius 3 is 2.57 bits per heavy atom. The van der Waals surface area contributed by atoms with Crippen molar-refractivity contribution in [3.05, 3.63) is 78.9 Å². The Morgan fingerprint density at radius 2 is 1.77 bits per heavy atom. The predicted octanol–water partition coefficient (Wildman–Crippen LogP) is 3.89. The molecule has 1 amide bonds. The highest BCUT2D eigenvalue weighted by Crippen LogP contribution is 2.24. The number of tetrazole rings is 1. The quantitative estimate of drug-likeness (QED) is 0.438. The van der Waals surface area contributed by atoms with Gasteiger partial charge in [0.15, 0.2) is 0 Å². The maximum Gasteiger partial charge on any atom is 0.234 e. The van der Waals surface area contributed by atoms with Crippen molar-refractivity contribution in [3.63, 3.8) is 0 Å². The molecule has 8 nitrogen and oxygen atoms in total. The van der Waals surface area contributed by atoms with Gasteiger partial charge in [0.25, 0.3) is 0 Å². The van der Waals surface area contributed by atoms with Crippen molar-refractivity contribution in [2.24, 2.45) is 0 Å². The number of benzene rings is 3. The van der Waals surface area contributed by atoms with Crippen LogP contribution in [0.2, 0.25) is 0 Å². The van der Waals surface area contributed by atoms with E-state index in [1.54, 1.807) is 36.4 Å². The minimum absolute atomic E-state index is 0.127. The summed E-state index contributed by atoms with van der Waals surface area (Å²) in [6, 6.07) is 23.1. The molecule has 0 radical (unpaired) electrons. The van der Waals surface area contributed by atoms with Crippen molar-refractivity contribution in [3.8, 4) is 22.9 Å². The number of rotatable bonds is 7. The van der Waals surface area contributed by atoms with E-state index in [0.29, 0.717) is 22.3 Å². The first-order valence-corrected chi connectivity index (χ1v) is 9.99. The van der Waals surface area contributed by atoms with Crippen LogP contribution in [0.4, 0.5) is 5.69 Å². The molecule has 0 unspecified atom stereocenters. The topological polar surface area (TPSA) is 102 Å². The summed E-state index contributed by atoms with van der Waals surface area (Å²) < 4.78 is 7.29. The normalized spacial score (nSPS) is 10.5. The number of phenols is 1. The van der Waals surface area contributed by atoms with Crippen LogP contribution < -0.4 is 10.1 Å². The summed E-state index contributed by atoms with van der Waals surface area (Å²) in [6.07, 6.45) is 0. The summed E-state index contributed by atoms with van der Waals surface area (Å²) in [5.41, 5.74) is 1.32. The lowest BCUT2D eigenvalue weighted by molar-refractivity contribution is -0.113. The highest BCUT2D eigenvalue weighted by Gasteiger charge is 2.12. The molecular formula is C21H17N5O3S. The number of thioether (sulfide) groups is 1. The van der Waals surface area contributed by atoms with Gasteiger partial charge in [0.2, 0.25) is 11.1 Å². The Hall–Kier alpha value is -3.85. The molecule has 0 aliphatic heterocycles. The Balaban J connectivity index is 1.36. The first-order valence-electron chi connectivity index (χ1n) is 9.01. The molecule has 9 heteroatoms. The van der Waals surface area contributed by atoms with E-state index in [1.165, 1.54) is 16.4 Å². The zero-order chi connectivity index (χ0) is 20.8. The second-order valence-electron chi connectivity index (χ2n) is 6.17. The van der Waals surface area contributed by atoms with Gasteiger partial charge in [0, 0.05) is 11.8 Å². The van der Waals surface area contributed by atoms with Crippen LogP contribution in [0.3, 0.4) is 0 Å². The van der Waals surface area contributed by atoms with Gasteiger partial charge in [0.1, 0.15) is 17.2 Å². The molecule has 2 N–H and O–H groups in total. The molecule has 0 bridgehead atoms. The molecular weight excluding hydrogens is 402 g/mol. The van der Waals surface area contributed by atoms with Gasteiger partial charge in [-0.25, -0.2) is 0 Å². The van der Waals surface area contributed by atoms with E-state index < -0.39 is 0 Å². The van der Waals surface area contributed by atoms with Crippen molar-refractivity contribution in [2.45, 2.75) is 5.16 Å². The molecule has 30 heavy (non-hydrogen) atoms. The zero-order valence-electron chi connectivity index (χ0n) is 15.7. The maximum absolute atomic E-state index is 12.4. The number of carbonyl (C=O) groups is 1. The smallest absolute Gasteiger partial charge is 0.234 e. The third-order valence-electron chi connectivity index (χ3n) is 3.96. The Morgan fingerprint density at radius 1 is 1.00 bits per heavy atom. The number of aromatic hydroxyl groups is 1. The van der Waals surface area contributed by atoms with E-state index >= 15 is 0 Å². The first kappa shape index (κ1) is 19.5. The number of aromatic nitrogens is 4. The number of amides is 1. The number of hydrogen-bond acceptors (Lipinski definition) is 7. The fraction of sp³-hybridized carbons (Fsp3) is 0.0476. The molecule has 3 aromatic carbocycles. The molecule has 1 heterocycles. The monoisotopic (exact) mass is 419 g/mol. The fourth-order valence-electron chi connectivity index (χ4n) is 2.61. The number of hydrogen-bond donors (Lipinski definition) is 2. The summed E-state index contributed by atoms with van der Waals surface area (Å²) in [5, 5.41) is 24.3. The van der Waals surface area contributed by atoms with Crippen LogP contribution in [-0.2, 0) is 4.79 Å². The van der Waals surface area contributed by atoms with Crippen LogP contribution in [0.5, 0.6) is 17.2 Å². The van der Waals surface area contributed by atoms with E-state index in [4.69, 9.17) is 4.74 Å². The summed E-state index contributed by atoms with van der Waals surface area (Å²) in [7, 11) is 0. The van der Waals surface area contributed by atoms with Crippen LogP contribution >= 0.6 is 11.8 Å². The van der Waals surface area contributed by atoms with E-state index in [9.17, 15) is 9.90 Å². The first-order chi connectivity index (χ1) is 14.7. The van der Waals surface area contributed by atoms with Crippen molar-refractivity contribution in [1.29, 1.82) is 0 Å². The van der Waals surface area contributed by atoms with Gasteiger partial charge in [-0.1, -0.05) is 36.0 Å². The second kappa shape index (κ2) is 9.10. The molecule has 1 aromatic heterocycles. The number of ether oxygens (including phenoxy) is 1. The van der Waals surface area contributed by atoms with Gasteiger partial charge in [-0.2, -0.15) is 4.68 Å². The number of phenolic OH excluding ortho intramolecular Hbond substituents is 1. The molecule has 4 aromatic rings. The molecule has 0 saturated carbocycles. The molecule has 0 saturated heterocycles. The second-order valence-corrected chi connectivity index (χ2v) is 7.11. The molecule has 0 spiro atoms. The third kappa shape index (κ3) is 4.95. The Bertz CT molecular complexity index is 1130. The maximum atomic E-state index is 12.4. The predicted molar refractivity (Wildman–Crippen MR) is 113 cm³/mol. The number of carbonyl (C=O) groups excluding carboxylic acids is 1. The average Bonchev–Trinajstić information content (AvgIpc) is 3.22. The van der Waals surface area contributed by atoms with Crippen molar-refractivity contribution < 1.29 is 14.6 Å². The Labute approximate surface area is 176 Å². The summed E-state index contributed by atoms with van der Waals surface area (Å²) in [6.45, 7) is 0. The van der Waals surface area contributed by atoms with Gasteiger partial charge in [-0.05, 0) is 59.0 Å². The van der Waals surface area contributed by atoms with Crippen LogP contribution in [0.15, 0.2) is 84.0 Å². The summed E-state index contributed by atoms with van der Waals surface area (Å²) in [5.74, 6) is 1.43. The average molecular weight is 419 g/mol. The number of para-hydroxylation sites is 1. The van der Waals surface area contributed by atoms with E-state index in [-0.39, 0.29) is 17.4 Å². The lowest BCUT2D eigenvalue weighted by Crippen LogP contribution is -2.14. The van der Waals surface area contributed by atoms with Gasteiger partial charge >= 0.3 is 0 Å². The highest BCUT2D eigenvalue weighted by molar-refractivity contribution is 7.99. The SMILES string of the molecule is O=C(CSc1nnnn1-c1ccc(O)cc1)Nc1cccc(Oc2ccccc2)c1. The van der Waals surface area contributed by atoms with E-state index in [2.05, 4.69) is 20.8 Å². The highest BCUT2D eigenvalue weighted by atomic mass is 32.2. The summed E-state index contributed by atoms with van der Waals surface area (Å²) in [4.78, 5) is 12.4. The van der Waals surface area contributed by atoms with Crippen molar-refractivity contribution >= 4 is 23.4 Å². The van der Waals surface area contributed by atoms with Gasteiger partial charge in [-0.15, -0.1) is 5.10 Å². The largest absolute Gasteiger partial charge is 0.508 e. The van der Waals surface area contributed by atoms with Gasteiger partial charge < -0.3 is 15.2 Å². The van der Waals surface area contributed by atoms with Crippen molar-refractivity contribution in [1.82, 2.24) is 20.2 Å². The van der Waals surface area contributed by atoms with E-state index in [0.717, 1.165) is 5.75 Å². The van der Waals surface area contributed by atoms with Crippen LogP contribution in [0.25, 0.3) is 5.69 Å². The minimum atomic E-state index is -0.197. The number of anilines is 1. The molecule has 0 atom stereocenters. The number of nitrogens with zero attached hydrogens (tertiary/aromatic N) is 4. The Kier molecular flexibility index (Phi) is 5.90. The van der Waals surface area contributed by atoms with Crippen molar-refractivity contribution in [2.75, 3.05) is 11.1 Å². The summed E-state index contributed by atoms with van der Waals surface area (Å²) >= 11 is 1.21. The molecule has 0 aliphatic rings. The van der Waals surface area contributed by atoms with Gasteiger partial charge in [0.05, 0.1) is 11.4 Å². The molecule has 0 aliphatic carbocycles. The van der Waals surface area contributed by atoms with E-state index in [1.807, 2.05) is 42.5 Å². The molecule has 0 fully saturated rings. The molecule has 150 valence electrons. The van der Waals surface area contributed by atoms with Crippen LogP contribution in [0.1, 0.15) is 0 Å².